The van der Waals surface area contributed by atoms with Crippen molar-refractivity contribution in [2.75, 3.05) is 19.6 Å². The third-order valence-electron chi connectivity index (χ3n) is 11.8. The van der Waals surface area contributed by atoms with Gasteiger partial charge in [0.25, 0.3) is 5.91 Å². The van der Waals surface area contributed by atoms with Crippen LogP contribution in [0.3, 0.4) is 0 Å². The number of likely N-dealkylation sites (tertiary alicyclic amines) is 1. The van der Waals surface area contributed by atoms with Gasteiger partial charge in [0.05, 0.1) is 36.0 Å². The van der Waals surface area contributed by atoms with Crippen molar-refractivity contribution in [2.45, 2.75) is 135 Å². The fourth-order valence-corrected chi connectivity index (χ4v) is 8.24. The molecular weight excluding hydrogens is 674 g/mol. The van der Waals surface area contributed by atoms with Crippen LogP contribution in [0.4, 0.5) is 0 Å². The Hall–Kier alpha value is -3.84. The summed E-state index contributed by atoms with van der Waals surface area (Å²) in [6.07, 6.45) is 6.24. The molecule has 0 radical (unpaired) electrons. The number of nitrogens with zero attached hydrogens (tertiary/aromatic N) is 1. The van der Waals surface area contributed by atoms with Crippen LogP contribution in [-0.2, 0) is 29.4 Å². The van der Waals surface area contributed by atoms with Crippen LogP contribution in [0.15, 0.2) is 24.3 Å². The van der Waals surface area contributed by atoms with Gasteiger partial charge in [-0.05, 0) is 76.5 Å². The predicted molar refractivity (Wildman–Crippen MR) is 201 cm³/mol. The highest BCUT2D eigenvalue weighted by Crippen LogP contribution is 2.31. The molecule has 0 aromatic heterocycles. The van der Waals surface area contributed by atoms with Gasteiger partial charge in [-0.3, -0.25) is 33.7 Å². The van der Waals surface area contributed by atoms with Crippen molar-refractivity contribution in [2.24, 2.45) is 23.7 Å². The molecule has 13 nitrogen and oxygen atoms in total. The standard InChI is InChI=1S/C40H63N7O6/c1-38(2,3)25-18-16-24(17-19-25)33(49)45-39(4,5)28(22-41)35(51)43-30-14-10-8-12-26(30)34(50)46-40(6,7)29(23-42)36(52)44-31-15-11-9-13-27(31)37(53)47-21-20-32(47)48/h16-19,26-31H,8-15,20-23,41-42H2,1-7H3,(H,43,51)(H,44,52)(H,45,49)(H,46,50)/p+2/t26-,27-,28?,29?,30+,31+/m0/s1. The van der Waals surface area contributed by atoms with Gasteiger partial charge in [0.1, 0.15) is 11.8 Å². The fourth-order valence-electron chi connectivity index (χ4n) is 8.24. The van der Waals surface area contributed by atoms with Crippen molar-refractivity contribution in [3.63, 3.8) is 0 Å². The summed E-state index contributed by atoms with van der Waals surface area (Å²) in [5, 5.41) is 12.4. The monoisotopic (exact) mass is 739 g/mol. The molecule has 2 saturated carbocycles. The van der Waals surface area contributed by atoms with E-state index in [1.54, 1.807) is 26.0 Å². The lowest BCUT2D eigenvalue weighted by atomic mass is 9.79. The minimum Gasteiger partial charge on any atom is -0.357 e. The van der Waals surface area contributed by atoms with Crippen LogP contribution in [0.5, 0.6) is 0 Å². The molecule has 10 N–H and O–H groups in total. The van der Waals surface area contributed by atoms with Gasteiger partial charge in [0, 0.05) is 30.6 Å². The fraction of sp³-hybridized carbons (Fsp3) is 0.700. The van der Waals surface area contributed by atoms with Gasteiger partial charge in [0.15, 0.2) is 0 Å². The topological polar surface area (TPSA) is 209 Å². The van der Waals surface area contributed by atoms with Crippen molar-refractivity contribution in [3.8, 4) is 0 Å². The number of hydrogen-bond acceptors (Lipinski definition) is 6. The second kappa shape index (κ2) is 17.1. The second-order valence-electron chi connectivity index (χ2n) is 17.5. The van der Waals surface area contributed by atoms with E-state index < -0.39 is 40.8 Å². The highest BCUT2D eigenvalue weighted by Gasteiger charge is 2.45. The van der Waals surface area contributed by atoms with Gasteiger partial charge in [-0.1, -0.05) is 58.6 Å². The van der Waals surface area contributed by atoms with Crippen molar-refractivity contribution in [1.29, 1.82) is 0 Å². The number of β-lactam (4-membered cyclic amide) rings is 1. The van der Waals surface area contributed by atoms with Crippen LogP contribution in [0.2, 0.25) is 0 Å². The molecule has 294 valence electrons. The lowest BCUT2D eigenvalue weighted by Gasteiger charge is -2.40. The Morgan fingerprint density at radius 3 is 1.64 bits per heavy atom. The number of nitrogens with one attached hydrogen (secondary N) is 4. The second-order valence-corrected chi connectivity index (χ2v) is 17.5. The molecule has 3 fully saturated rings. The van der Waals surface area contributed by atoms with E-state index >= 15 is 0 Å². The zero-order valence-corrected chi connectivity index (χ0v) is 33.1. The average molecular weight is 740 g/mol. The van der Waals surface area contributed by atoms with Gasteiger partial charge < -0.3 is 32.7 Å². The summed E-state index contributed by atoms with van der Waals surface area (Å²) in [6, 6.07) is 6.67. The van der Waals surface area contributed by atoms with E-state index in [1.165, 1.54) is 4.90 Å². The SMILES string of the molecule is CC(C)(C)c1ccc(C(=O)NC(C)(C)C(C[NH3+])C(=O)N[C@@H]2CCCC[C@@H]2C(=O)NC(C)(C)C(C[NH3+])C(=O)N[C@@H]2CCCC[C@@H]2C(=O)N2CCC2=O)cc1. The molecule has 1 aromatic carbocycles. The molecule has 0 bridgehead atoms. The van der Waals surface area contributed by atoms with Crippen LogP contribution in [-0.4, -0.2) is 83.1 Å². The van der Waals surface area contributed by atoms with E-state index in [4.69, 9.17) is 0 Å². The Morgan fingerprint density at radius 1 is 0.717 bits per heavy atom. The first kappa shape index (κ1) is 41.9. The van der Waals surface area contributed by atoms with E-state index in [9.17, 15) is 28.8 Å². The lowest BCUT2D eigenvalue weighted by molar-refractivity contribution is -0.379. The number of imide groups is 1. The van der Waals surface area contributed by atoms with Crippen molar-refractivity contribution in [3.05, 3.63) is 35.4 Å². The number of quaternary nitrogens is 2. The Labute approximate surface area is 314 Å². The molecule has 0 spiro atoms. The smallest absolute Gasteiger partial charge is 0.251 e. The van der Waals surface area contributed by atoms with Crippen LogP contribution in [0.25, 0.3) is 0 Å². The summed E-state index contributed by atoms with van der Waals surface area (Å²) in [6.45, 7) is 14.5. The van der Waals surface area contributed by atoms with E-state index in [-0.39, 0.29) is 60.0 Å². The van der Waals surface area contributed by atoms with Crippen LogP contribution >= 0.6 is 0 Å². The van der Waals surface area contributed by atoms with E-state index in [1.807, 2.05) is 26.0 Å². The number of rotatable bonds is 13. The van der Waals surface area contributed by atoms with Gasteiger partial charge >= 0.3 is 0 Å². The maximum absolute atomic E-state index is 14.0. The molecule has 1 heterocycles. The van der Waals surface area contributed by atoms with E-state index in [0.717, 1.165) is 31.2 Å². The van der Waals surface area contributed by atoms with E-state index in [2.05, 4.69) is 53.5 Å². The summed E-state index contributed by atoms with van der Waals surface area (Å²) in [4.78, 5) is 81.3. The number of hydrogen-bond donors (Lipinski definition) is 6. The minimum absolute atomic E-state index is 0.0443. The summed E-state index contributed by atoms with van der Waals surface area (Å²) >= 11 is 0. The Bertz CT molecular complexity index is 1520. The van der Waals surface area contributed by atoms with Gasteiger partial charge in [0.2, 0.25) is 29.5 Å². The van der Waals surface area contributed by atoms with Crippen molar-refractivity contribution >= 4 is 35.4 Å². The molecule has 1 saturated heterocycles. The number of carbonyl (C=O) groups excluding carboxylic acids is 6. The van der Waals surface area contributed by atoms with Gasteiger partial charge in [-0.25, -0.2) is 0 Å². The van der Waals surface area contributed by atoms with Gasteiger partial charge in [-0.2, -0.15) is 0 Å². The minimum atomic E-state index is -0.982. The normalized spacial score (nSPS) is 23.6. The number of amides is 6. The van der Waals surface area contributed by atoms with Crippen molar-refractivity contribution in [1.82, 2.24) is 26.2 Å². The molecule has 1 aromatic rings. The zero-order chi connectivity index (χ0) is 39.3. The van der Waals surface area contributed by atoms with E-state index in [0.29, 0.717) is 44.2 Å². The summed E-state index contributed by atoms with van der Waals surface area (Å²) in [7, 11) is 0. The Balaban J connectivity index is 1.39. The molecule has 13 heteroatoms. The van der Waals surface area contributed by atoms with Crippen LogP contribution in [0.1, 0.15) is 122 Å². The number of benzene rings is 1. The molecular formula is C40H65N7O6+2. The maximum Gasteiger partial charge on any atom is 0.251 e. The summed E-state index contributed by atoms with van der Waals surface area (Å²) in [5.41, 5.74) is 7.74. The van der Waals surface area contributed by atoms with Crippen LogP contribution in [0, 0.1) is 23.7 Å². The maximum atomic E-state index is 14.0. The molecule has 2 unspecified atom stereocenters. The van der Waals surface area contributed by atoms with Crippen LogP contribution < -0.4 is 32.7 Å². The average Bonchev–Trinajstić information content (AvgIpc) is 3.07. The lowest BCUT2D eigenvalue weighted by Crippen LogP contribution is -2.68. The molecule has 4 rings (SSSR count). The summed E-state index contributed by atoms with van der Waals surface area (Å²) in [5.74, 6) is -3.77. The first-order valence-electron chi connectivity index (χ1n) is 19.6. The highest BCUT2D eigenvalue weighted by molar-refractivity contribution is 6.01. The zero-order valence-electron chi connectivity index (χ0n) is 33.1. The van der Waals surface area contributed by atoms with Gasteiger partial charge in [-0.15, -0.1) is 0 Å². The third kappa shape index (κ3) is 10.0. The number of carbonyl (C=O) groups is 6. The molecule has 6 amide bonds. The quantitative estimate of drug-likeness (QED) is 0.129. The first-order chi connectivity index (χ1) is 24.8. The molecule has 2 aliphatic carbocycles. The molecule has 6 atom stereocenters. The molecule has 53 heavy (non-hydrogen) atoms. The Morgan fingerprint density at radius 2 is 1.19 bits per heavy atom. The van der Waals surface area contributed by atoms with Crippen molar-refractivity contribution < 1.29 is 40.2 Å². The highest BCUT2D eigenvalue weighted by atomic mass is 16.2. The summed E-state index contributed by atoms with van der Waals surface area (Å²) < 4.78 is 0. The third-order valence-corrected chi connectivity index (χ3v) is 11.8. The largest absolute Gasteiger partial charge is 0.357 e. The molecule has 1 aliphatic heterocycles. The first-order valence-corrected chi connectivity index (χ1v) is 19.6. The Kier molecular flexibility index (Phi) is 13.5. The molecule has 3 aliphatic rings. The predicted octanol–water partition coefficient (Wildman–Crippen LogP) is 1.21.